The van der Waals surface area contributed by atoms with Crippen molar-refractivity contribution in [1.29, 1.82) is 0 Å². The van der Waals surface area contributed by atoms with E-state index in [1.54, 1.807) is 7.11 Å². The molecule has 0 radical (unpaired) electrons. The summed E-state index contributed by atoms with van der Waals surface area (Å²) >= 11 is 6.05. The van der Waals surface area contributed by atoms with Gasteiger partial charge in [-0.2, -0.15) is 0 Å². The van der Waals surface area contributed by atoms with Crippen molar-refractivity contribution in [3.8, 4) is 5.75 Å². The van der Waals surface area contributed by atoms with E-state index in [1.807, 2.05) is 54.6 Å². The van der Waals surface area contributed by atoms with Gasteiger partial charge in [0.1, 0.15) is 12.4 Å². The lowest BCUT2D eigenvalue weighted by atomic mass is 10.1. The van der Waals surface area contributed by atoms with E-state index in [-0.39, 0.29) is 18.0 Å². The lowest BCUT2D eigenvalue weighted by Gasteiger charge is -2.23. The number of halogens is 1. The van der Waals surface area contributed by atoms with Gasteiger partial charge in [-0.05, 0) is 47.4 Å². The van der Waals surface area contributed by atoms with Crippen LogP contribution in [0.2, 0.25) is 5.02 Å². The molecule has 36 heavy (non-hydrogen) atoms. The topological polar surface area (TPSA) is 62.8 Å². The van der Waals surface area contributed by atoms with Gasteiger partial charge in [0, 0.05) is 44.4 Å². The second-order valence-electron chi connectivity index (χ2n) is 9.09. The van der Waals surface area contributed by atoms with Gasteiger partial charge in [0.2, 0.25) is 5.91 Å². The average Bonchev–Trinajstić information content (AvgIpc) is 3.31. The lowest BCUT2D eigenvalue weighted by molar-refractivity contribution is -0.125. The number of methoxy groups -OCH3 is 1. The van der Waals surface area contributed by atoms with Crippen LogP contribution in [0.4, 0.5) is 0 Å². The van der Waals surface area contributed by atoms with Crippen molar-refractivity contribution >= 4 is 17.5 Å². The third kappa shape index (κ3) is 7.80. The molecular formula is C29H34ClN3O3. The van der Waals surface area contributed by atoms with Crippen molar-refractivity contribution < 1.29 is 14.3 Å². The van der Waals surface area contributed by atoms with E-state index in [0.29, 0.717) is 31.3 Å². The largest absolute Gasteiger partial charge is 0.489 e. The van der Waals surface area contributed by atoms with Gasteiger partial charge in [0.25, 0.3) is 0 Å². The fourth-order valence-corrected chi connectivity index (χ4v) is 4.55. The smallest absolute Gasteiger partial charge is 0.237 e. The molecule has 0 spiro atoms. The molecule has 4 rings (SSSR count). The Morgan fingerprint density at radius 2 is 1.69 bits per heavy atom. The summed E-state index contributed by atoms with van der Waals surface area (Å²) in [7, 11) is 1.64. The maximum atomic E-state index is 12.9. The number of rotatable bonds is 12. The first-order chi connectivity index (χ1) is 17.6. The predicted octanol–water partition coefficient (Wildman–Crippen LogP) is 4.41. The molecule has 0 unspecified atom stereocenters. The van der Waals surface area contributed by atoms with Crippen molar-refractivity contribution in [1.82, 2.24) is 15.5 Å². The van der Waals surface area contributed by atoms with Gasteiger partial charge in [-0.1, -0.05) is 66.2 Å². The van der Waals surface area contributed by atoms with E-state index < -0.39 is 0 Å². The number of benzene rings is 3. The molecule has 7 heteroatoms. The van der Waals surface area contributed by atoms with Crippen LogP contribution in [0.5, 0.6) is 5.75 Å². The van der Waals surface area contributed by atoms with Crippen molar-refractivity contribution in [3.63, 3.8) is 0 Å². The van der Waals surface area contributed by atoms with Crippen LogP contribution in [0.3, 0.4) is 0 Å². The Labute approximate surface area is 218 Å². The molecule has 6 nitrogen and oxygen atoms in total. The minimum atomic E-state index is -0.191. The van der Waals surface area contributed by atoms with Crippen LogP contribution in [0.1, 0.15) is 23.1 Å². The van der Waals surface area contributed by atoms with Gasteiger partial charge in [0.05, 0.1) is 12.6 Å². The van der Waals surface area contributed by atoms with Gasteiger partial charge in [-0.25, -0.2) is 0 Å². The fourth-order valence-electron chi connectivity index (χ4n) is 4.42. The van der Waals surface area contributed by atoms with Crippen LogP contribution in [0, 0.1) is 0 Å². The molecule has 1 amide bonds. The molecule has 0 aliphatic carbocycles. The van der Waals surface area contributed by atoms with E-state index in [2.05, 4.69) is 39.8 Å². The lowest BCUT2D eigenvalue weighted by Crippen LogP contribution is -2.43. The molecule has 3 aromatic carbocycles. The van der Waals surface area contributed by atoms with Crippen LogP contribution in [0.15, 0.2) is 78.9 Å². The molecule has 1 aliphatic heterocycles. The van der Waals surface area contributed by atoms with Gasteiger partial charge < -0.3 is 20.1 Å². The average molecular weight is 508 g/mol. The maximum absolute atomic E-state index is 12.9. The second kappa shape index (κ2) is 13.4. The summed E-state index contributed by atoms with van der Waals surface area (Å²) in [6, 6.07) is 26.2. The number of carbonyl (C=O) groups is 1. The van der Waals surface area contributed by atoms with Crippen LogP contribution in [-0.4, -0.2) is 49.7 Å². The van der Waals surface area contributed by atoms with Gasteiger partial charge in [-0.3, -0.25) is 9.69 Å². The summed E-state index contributed by atoms with van der Waals surface area (Å²) in [5.41, 5.74) is 3.47. The first kappa shape index (κ1) is 26.2. The molecule has 1 aliphatic rings. The Morgan fingerprint density at radius 3 is 2.42 bits per heavy atom. The second-order valence-corrected chi connectivity index (χ2v) is 9.52. The van der Waals surface area contributed by atoms with Gasteiger partial charge >= 0.3 is 0 Å². The minimum absolute atomic E-state index is 0.0465. The van der Waals surface area contributed by atoms with E-state index in [4.69, 9.17) is 21.1 Å². The first-order valence-electron chi connectivity index (χ1n) is 12.3. The zero-order valence-corrected chi connectivity index (χ0v) is 21.4. The number of likely N-dealkylation sites (tertiary alicyclic amines) is 1. The van der Waals surface area contributed by atoms with Crippen LogP contribution >= 0.6 is 11.6 Å². The van der Waals surface area contributed by atoms with Gasteiger partial charge in [-0.15, -0.1) is 0 Å². The van der Waals surface area contributed by atoms with E-state index >= 15 is 0 Å². The molecule has 0 saturated carbocycles. The maximum Gasteiger partial charge on any atom is 0.237 e. The van der Waals surface area contributed by atoms with Gasteiger partial charge in [0.15, 0.2) is 0 Å². The SMILES string of the molecule is COCCNC(=O)[C@@H]1C[C@H](NCc2ccc(OCc3ccccc3)cc2)CN1Cc1ccc(Cl)cc1. The molecule has 1 fully saturated rings. The number of nitrogens with zero attached hydrogens (tertiary/aromatic N) is 1. The summed E-state index contributed by atoms with van der Waals surface area (Å²) in [5, 5.41) is 7.36. The molecule has 0 aromatic heterocycles. The van der Waals surface area contributed by atoms with Crippen LogP contribution < -0.4 is 15.4 Å². The molecule has 3 aromatic rings. The highest BCUT2D eigenvalue weighted by atomic mass is 35.5. The third-order valence-electron chi connectivity index (χ3n) is 6.38. The number of carbonyl (C=O) groups excluding carboxylic acids is 1. The summed E-state index contributed by atoms with van der Waals surface area (Å²) in [6.45, 7) is 3.79. The molecule has 2 atom stereocenters. The molecule has 190 valence electrons. The van der Waals surface area contributed by atoms with E-state index in [0.717, 1.165) is 36.4 Å². The zero-order valence-electron chi connectivity index (χ0n) is 20.7. The number of hydrogen-bond donors (Lipinski definition) is 2. The van der Waals surface area contributed by atoms with Crippen LogP contribution in [0.25, 0.3) is 0 Å². The highest BCUT2D eigenvalue weighted by Gasteiger charge is 2.36. The molecular weight excluding hydrogens is 474 g/mol. The number of amides is 1. The molecule has 1 heterocycles. The van der Waals surface area contributed by atoms with E-state index in [9.17, 15) is 4.79 Å². The summed E-state index contributed by atoms with van der Waals surface area (Å²) in [6.07, 6.45) is 0.755. The monoisotopic (exact) mass is 507 g/mol. The van der Waals surface area contributed by atoms with E-state index in [1.165, 1.54) is 5.56 Å². The van der Waals surface area contributed by atoms with Crippen molar-refractivity contribution in [2.24, 2.45) is 0 Å². The minimum Gasteiger partial charge on any atom is -0.489 e. The summed E-state index contributed by atoms with van der Waals surface area (Å²) < 4.78 is 11.0. The normalized spacial score (nSPS) is 17.7. The molecule has 0 bridgehead atoms. The number of ether oxygens (including phenoxy) is 2. The summed E-state index contributed by atoms with van der Waals surface area (Å²) in [5.74, 6) is 0.899. The highest BCUT2D eigenvalue weighted by molar-refractivity contribution is 6.30. The predicted molar refractivity (Wildman–Crippen MR) is 143 cm³/mol. The zero-order chi connectivity index (χ0) is 25.2. The van der Waals surface area contributed by atoms with Crippen molar-refractivity contribution in [2.45, 2.75) is 38.2 Å². The Morgan fingerprint density at radius 1 is 0.972 bits per heavy atom. The Kier molecular flexibility index (Phi) is 9.76. The third-order valence-corrected chi connectivity index (χ3v) is 6.63. The summed E-state index contributed by atoms with van der Waals surface area (Å²) in [4.78, 5) is 15.2. The fraction of sp³-hybridized carbons (Fsp3) is 0.345. The quantitative estimate of drug-likeness (QED) is 0.355. The Hall–Kier alpha value is -2.90. The van der Waals surface area contributed by atoms with Crippen molar-refractivity contribution in [2.75, 3.05) is 26.8 Å². The Balaban J connectivity index is 1.31. The number of hydrogen-bond acceptors (Lipinski definition) is 5. The van der Waals surface area contributed by atoms with Crippen LogP contribution in [-0.2, 0) is 29.2 Å². The standard InChI is InChI=1S/C29H34ClN3O3/c1-35-16-15-31-29(34)28-17-26(20-33(28)19-23-7-11-25(30)12-8-23)32-18-22-9-13-27(14-10-22)36-21-24-5-3-2-4-6-24/h2-14,26,28,32H,15-21H2,1H3,(H,31,34)/t26-,28-/m0/s1. The highest BCUT2D eigenvalue weighted by Crippen LogP contribution is 2.23. The number of nitrogens with one attached hydrogen (secondary N) is 2. The molecule has 1 saturated heterocycles. The Bertz CT molecular complexity index is 1080. The van der Waals surface area contributed by atoms with Crippen molar-refractivity contribution in [3.05, 3.63) is 101 Å². The first-order valence-corrected chi connectivity index (χ1v) is 12.7. The molecule has 2 N–H and O–H groups in total.